The third kappa shape index (κ3) is 4.24. The van der Waals surface area contributed by atoms with Crippen molar-refractivity contribution in [2.45, 2.75) is 57.6 Å². The Bertz CT molecular complexity index is 304. The summed E-state index contributed by atoms with van der Waals surface area (Å²) in [5.41, 5.74) is 4.94. The third-order valence-corrected chi connectivity index (χ3v) is 3.33. The van der Waals surface area contributed by atoms with E-state index < -0.39 is 5.54 Å². The van der Waals surface area contributed by atoms with Crippen molar-refractivity contribution in [3.05, 3.63) is 0 Å². The van der Waals surface area contributed by atoms with E-state index in [4.69, 9.17) is 22.7 Å². The maximum absolute atomic E-state index is 11.8. The highest BCUT2D eigenvalue weighted by Gasteiger charge is 2.38. The Labute approximate surface area is 108 Å². The molecule has 98 valence electrons. The highest BCUT2D eigenvalue weighted by molar-refractivity contribution is 7.80. The summed E-state index contributed by atoms with van der Waals surface area (Å²) in [4.78, 5) is 12.2. The molecule has 0 saturated heterocycles. The molecule has 1 aliphatic carbocycles. The van der Waals surface area contributed by atoms with Crippen LogP contribution in [0.3, 0.4) is 0 Å². The topological polar surface area (TPSA) is 64.3 Å². The van der Waals surface area contributed by atoms with Gasteiger partial charge < -0.3 is 15.8 Å². The summed E-state index contributed by atoms with van der Waals surface area (Å²) in [6.45, 7) is 5.80. The van der Waals surface area contributed by atoms with Crippen LogP contribution in [0, 0.1) is 0 Å². The van der Waals surface area contributed by atoms with E-state index in [1.165, 1.54) is 0 Å². The van der Waals surface area contributed by atoms with Crippen LogP contribution in [0.15, 0.2) is 0 Å². The second kappa shape index (κ2) is 5.31. The summed E-state index contributed by atoms with van der Waals surface area (Å²) in [7, 11) is 0. The first-order valence-electron chi connectivity index (χ1n) is 6.00. The molecule has 0 atom stereocenters. The first-order chi connectivity index (χ1) is 7.75. The highest BCUT2D eigenvalue weighted by Crippen LogP contribution is 2.29. The fourth-order valence-corrected chi connectivity index (χ4v) is 2.25. The number of carbonyl (C=O) groups is 1. The van der Waals surface area contributed by atoms with E-state index >= 15 is 0 Å². The van der Waals surface area contributed by atoms with Gasteiger partial charge in [0.1, 0.15) is 6.61 Å². The normalized spacial score (nSPS) is 19.0. The lowest BCUT2D eigenvalue weighted by atomic mass is 9.97. The molecule has 4 nitrogen and oxygen atoms in total. The number of amides is 1. The van der Waals surface area contributed by atoms with Crippen LogP contribution in [0.2, 0.25) is 0 Å². The van der Waals surface area contributed by atoms with Crippen molar-refractivity contribution in [3.8, 4) is 0 Å². The van der Waals surface area contributed by atoms with Crippen LogP contribution in [-0.2, 0) is 9.53 Å². The minimum Gasteiger partial charge on any atom is -0.391 e. The number of ether oxygens (including phenoxy) is 1. The number of thiocarbonyl (C=S) groups is 1. The molecule has 1 saturated carbocycles. The molecule has 1 aliphatic rings. The van der Waals surface area contributed by atoms with Gasteiger partial charge in [0.15, 0.2) is 0 Å². The Hall–Kier alpha value is -0.680. The van der Waals surface area contributed by atoms with E-state index in [0.29, 0.717) is 4.99 Å². The first-order valence-corrected chi connectivity index (χ1v) is 6.41. The fourth-order valence-electron chi connectivity index (χ4n) is 2.00. The van der Waals surface area contributed by atoms with Crippen LogP contribution in [0.25, 0.3) is 0 Å². The van der Waals surface area contributed by atoms with Crippen molar-refractivity contribution in [1.82, 2.24) is 5.32 Å². The lowest BCUT2D eigenvalue weighted by Gasteiger charge is -2.29. The Morgan fingerprint density at radius 1 is 1.41 bits per heavy atom. The van der Waals surface area contributed by atoms with Crippen molar-refractivity contribution >= 4 is 23.1 Å². The van der Waals surface area contributed by atoms with Crippen LogP contribution in [0.4, 0.5) is 0 Å². The molecule has 1 fully saturated rings. The second-order valence-corrected chi connectivity index (χ2v) is 6.04. The highest BCUT2D eigenvalue weighted by atomic mass is 32.1. The maximum atomic E-state index is 11.8. The first kappa shape index (κ1) is 14.4. The molecular formula is C12H22N2O2S. The molecule has 3 N–H and O–H groups in total. The monoisotopic (exact) mass is 258 g/mol. The molecule has 0 aromatic rings. The standard InChI is InChI=1S/C12H22N2O2S/c1-11(2,3)16-8-9(15)14-12(10(13)17)6-4-5-7-12/h4-8H2,1-3H3,(H2,13,17)(H,14,15). The number of hydrogen-bond acceptors (Lipinski definition) is 3. The smallest absolute Gasteiger partial charge is 0.246 e. The molecule has 5 heteroatoms. The third-order valence-electron chi connectivity index (χ3n) is 2.94. The lowest BCUT2D eigenvalue weighted by Crippen LogP contribution is -2.55. The lowest BCUT2D eigenvalue weighted by molar-refractivity contribution is -0.131. The number of nitrogens with two attached hydrogens (primary N) is 1. The van der Waals surface area contributed by atoms with Crippen molar-refractivity contribution in [2.24, 2.45) is 5.73 Å². The number of carbonyl (C=O) groups excluding carboxylic acids is 1. The van der Waals surface area contributed by atoms with Gasteiger partial charge >= 0.3 is 0 Å². The van der Waals surface area contributed by atoms with Gasteiger partial charge in [0.25, 0.3) is 0 Å². The van der Waals surface area contributed by atoms with Gasteiger partial charge in [-0.25, -0.2) is 0 Å². The predicted molar refractivity (Wildman–Crippen MR) is 71.8 cm³/mol. The van der Waals surface area contributed by atoms with Gasteiger partial charge in [0, 0.05) is 0 Å². The zero-order chi connectivity index (χ0) is 13.1. The molecule has 0 aromatic heterocycles. The summed E-state index contributed by atoms with van der Waals surface area (Å²) >= 11 is 5.07. The average molecular weight is 258 g/mol. The van der Waals surface area contributed by atoms with E-state index in [0.717, 1.165) is 25.7 Å². The Morgan fingerprint density at radius 3 is 2.35 bits per heavy atom. The predicted octanol–water partition coefficient (Wildman–Crippen LogP) is 1.52. The molecule has 0 radical (unpaired) electrons. The Morgan fingerprint density at radius 2 is 1.94 bits per heavy atom. The van der Waals surface area contributed by atoms with Crippen molar-refractivity contribution in [3.63, 3.8) is 0 Å². The van der Waals surface area contributed by atoms with E-state index in [-0.39, 0.29) is 18.1 Å². The largest absolute Gasteiger partial charge is 0.391 e. The van der Waals surface area contributed by atoms with E-state index in [1.807, 2.05) is 20.8 Å². The summed E-state index contributed by atoms with van der Waals surface area (Å²) in [5, 5.41) is 2.93. The number of nitrogens with one attached hydrogen (secondary N) is 1. The van der Waals surface area contributed by atoms with Crippen LogP contribution in [0.1, 0.15) is 46.5 Å². The van der Waals surface area contributed by atoms with E-state index in [1.54, 1.807) is 0 Å². The van der Waals surface area contributed by atoms with Gasteiger partial charge in [-0.3, -0.25) is 4.79 Å². The van der Waals surface area contributed by atoms with Gasteiger partial charge in [-0.2, -0.15) is 0 Å². The SMILES string of the molecule is CC(C)(C)OCC(=O)NC1(C(N)=S)CCCC1. The molecule has 1 amide bonds. The minimum absolute atomic E-state index is 0.0495. The maximum Gasteiger partial charge on any atom is 0.246 e. The second-order valence-electron chi connectivity index (χ2n) is 5.60. The van der Waals surface area contributed by atoms with Gasteiger partial charge in [0.05, 0.1) is 16.1 Å². The van der Waals surface area contributed by atoms with Crippen LogP contribution < -0.4 is 11.1 Å². The molecule has 0 aliphatic heterocycles. The summed E-state index contributed by atoms with van der Waals surface area (Å²) < 4.78 is 5.43. The molecular weight excluding hydrogens is 236 g/mol. The summed E-state index contributed by atoms with van der Waals surface area (Å²) in [6, 6.07) is 0. The Balaban J connectivity index is 2.51. The number of hydrogen-bond donors (Lipinski definition) is 2. The minimum atomic E-state index is -0.479. The van der Waals surface area contributed by atoms with Crippen LogP contribution >= 0.6 is 12.2 Å². The fraction of sp³-hybridized carbons (Fsp3) is 0.833. The van der Waals surface area contributed by atoms with Gasteiger partial charge in [-0.1, -0.05) is 25.1 Å². The molecule has 0 spiro atoms. The molecule has 17 heavy (non-hydrogen) atoms. The summed E-state index contributed by atoms with van der Waals surface area (Å²) in [6.07, 6.45) is 3.78. The molecule has 0 aromatic carbocycles. The number of rotatable bonds is 4. The van der Waals surface area contributed by atoms with Crippen LogP contribution in [0.5, 0.6) is 0 Å². The molecule has 1 rings (SSSR count). The van der Waals surface area contributed by atoms with Gasteiger partial charge in [0.2, 0.25) is 5.91 Å². The molecule has 0 bridgehead atoms. The van der Waals surface area contributed by atoms with Crippen molar-refractivity contribution in [2.75, 3.05) is 6.61 Å². The zero-order valence-electron chi connectivity index (χ0n) is 10.8. The molecule has 0 heterocycles. The van der Waals surface area contributed by atoms with Crippen molar-refractivity contribution < 1.29 is 9.53 Å². The van der Waals surface area contributed by atoms with Gasteiger partial charge in [-0.05, 0) is 33.6 Å². The van der Waals surface area contributed by atoms with Gasteiger partial charge in [-0.15, -0.1) is 0 Å². The Kier molecular flexibility index (Phi) is 4.49. The molecule has 0 unspecified atom stereocenters. The van der Waals surface area contributed by atoms with Crippen LogP contribution in [-0.4, -0.2) is 28.6 Å². The quantitative estimate of drug-likeness (QED) is 0.750. The van der Waals surface area contributed by atoms with E-state index in [2.05, 4.69) is 5.32 Å². The summed E-state index contributed by atoms with van der Waals surface area (Å²) in [5.74, 6) is -0.144. The van der Waals surface area contributed by atoms with E-state index in [9.17, 15) is 4.79 Å². The average Bonchev–Trinajstić information content (AvgIpc) is 2.63. The zero-order valence-corrected chi connectivity index (χ0v) is 11.7. The van der Waals surface area contributed by atoms with Crippen molar-refractivity contribution in [1.29, 1.82) is 0 Å².